The summed E-state index contributed by atoms with van der Waals surface area (Å²) in [5.74, 6) is -4.58. The lowest BCUT2D eigenvalue weighted by atomic mass is 10.1. The molecule has 15 heavy (non-hydrogen) atoms. The highest BCUT2D eigenvalue weighted by Gasteiger charge is 2.51. The Labute approximate surface area is 87.1 Å². The number of halogens is 2. The van der Waals surface area contributed by atoms with Gasteiger partial charge in [-0.25, -0.2) is 0 Å². The zero-order valence-corrected chi connectivity index (χ0v) is 8.41. The van der Waals surface area contributed by atoms with Crippen LogP contribution in [0.3, 0.4) is 0 Å². The standard InChI is InChI=1S/C12H12F2O/c1-12(13,14)11(15)10-7-9(10)8-5-3-2-4-6-8/h2-6,9-10H,7H2,1H3. The van der Waals surface area contributed by atoms with Crippen LogP contribution in [0.4, 0.5) is 8.78 Å². The lowest BCUT2D eigenvalue weighted by Crippen LogP contribution is -2.26. The second-order valence-electron chi connectivity index (χ2n) is 4.11. The average Bonchev–Trinajstić information content (AvgIpc) is 2.96. The fourth-order valence-electron chi connectivity index (χ4n) is 1.88. The third-order valence-electron chi connectivity index (χ3n) is 2.79. The minimum atomic E-state index is -3.19. The molecule has 1 saturated carbocycles. The van der Waals surface area contributed by atoms with Crippen molar-refractivity contribution in [3.63, 3.8) is 0 Å². The predicted octanol–water partition coefficient (Wildman–Crippen LogP) is 3.01. The topological polar surface area (TPSA) is 17.1 Å². The molecule has 0 aromatic heterocycles. The number of hydrogen-bond donors (Lipinski definition) is 0. The van der Waals surface area contributed by atoms with Gasteiger partial charge in [-0.2, -0.15) is 8.78 Å². The van der Waals surface area contributed by atoms with Crippen LogP contribution in [0, 0.1) is 5.92 Å². The molecule has 1 fully saturated rings. The van der Waals surface area contributed by atoms with Gasteiger partial charge in [-0.15, -0.1) is 0 Å². The number of carbonyl (C=O) groups excluding carboxylic acids is 1. The molecule has 2 rings (SSSR count). The maximum absolute atomic E-state index is 12.7. The molecule has 0 bridgehead atoms. The second kappa shape index (κ2) is 3.40. The van der Waals surface area contributed by atoms with Crippen LogP contribution in [0.15, 0.2) is 30.3 Å². The van der Waals surface area contributed by atoms with Gasteiger partial charge in [0.1, 0.15) is 0 Å². The lowest BCUT2D eigenvalue weighted by Gasteiger charge is -2.07. The van der Waals surface area contributed by atoms with Crippen LogP contribution in [0.5, 0.6) is 0 Å². The monoisotopic (exact) mass is 210 g/mol. The minimum absolute atomic E-state index is 0.00419. The number of rotatable bonds is 3. The van der Waals surface area contributed by atoms with E-state index in [2.05, 4.69) is 0 Å². The third kappa shape index (κ3) is 2.06. The van der Waals surface area contributed by atoms with Crippen molar-refractivity contribution >= 4 is 5.78 Å². The summed E-state index contributed by atoms with van der Waals surface area (Å²) in [5.41, 5.74) is 0.986. The first-order chi connectivity index (χ1) is 7.00. The van der Waals surface area contributed by atoms with E-state index < -0.39 is 17.6 Å². The molecule has 80 valence electrons. The zero-order chi connectivity index (χ0) is 11.1. The average molecular weight is 210 g/mol. The van der Waals surface area contributed by atoms with Gasteiger partial charge in [-0.1, -0.05) is 30.3 Å². The summed E-state index contributed by atoms with van der Waals surface area (Å²) in [6.07, 6.45) is 0.562. The van der Waals surface area contributed by atoms with Gasteiger partial charge >= 0.3 is 5.92 Å². The zero-order valence-electron chi connectivity index (χ0n) is 8.41. The Hall–Kier alpha value is -1.25. The van der Waals surface area contributed by atoms with Crippen LogP contribution in [0.2, 0.25) is 0 Å². The summed E-state index contributed by atoms with van der Waals surface area (Å²) >= 11 is 0. The first-order valence-corrected chi connectivity index (χ1v) is 4.97. The highest BCUT2D eigenvalue weighted by molar-refractivity contribution is 5.90. The molecule has 0 amide bonds. The molecule has 1 aliphatic rings. The third-order valence-corrected chi connectivity index (χ3v) is 2.79. The van der Waals surface area contributed by atoms with E-state index in [1.54, 1.807) is 0 Å². The predicted molar refractivity (Wildman–Crippen MR) is 52.9 cm³/mol. The van der Waals surface area contributed by atoms with Crippen LogP contribution in [-0.4, -0.2) is 11.7 Å². The van der Waals surface area contributed by atoms with Crippen molar-refractivity contribution in [3.05, 3.63) is 35.9 Å². The Morgan fingerprint density at radius 3 is 2.47 bits per heavy atom. The van der Waals surface area contributed by atoms with E-state index in [0.29, 0.717) is 13.3 Å². The van der Waals surface area contributed by atoms with Crippen molar-refractivity contribution in [1.82, 2.24) is 0 Å². The number of alkyl halides is 2. The first-order valence-electron chi connectivity index (χ1n) is 4.97. The van der Waals surface area contributed by atoms with E-state index in [1.807, 2.05) is 30.3 Å². The van der Waals surface area contributed by atoms with Gasteiger partial charge in [-0.05, 0) is 17.9 Å². The molecular weight excluding hydrogens is 198 g/mol. The van der Waals surface area contributed by atoms with E-state index in [4.69, 9.17) is 0 Å². The minimum Gasteiger partial charge on any atom is -0.293 e. The van der Waals surface area contributed by atoms with Gasteiger partial charge in [0.15, 0.2) is 0 Å². The van der Waals surface area contributed by atoms with Crippen molar-refractivity contribution in [1.29, 1.82) is 0 Å². The van der Waals surface area contributed by atoms with Crippen LogP contribution in [-0.2, 0) is 4.79 Å². The molecule has 0 spiro atoms. The van der Waals surface area contributed by atoms with E-state index >= 15 is 0 Å². The molecular formula is C12H12F2O. The smallest absolute Gasteiger partial charge is 0.293 e. The molecule has 0 saturated heterocycles. The highest BCUT2D eigenvalue weighted by Crippen LogP contribution is 2.50. The number of benzene rings is 1. The van der Waals surface area contributed by atoms with Crippen molar-refractivity contribution < 1.29 is 13.6 Å². The SMILES string of the molecule is CC(F)(F)C(=O)C1CC1c1ccccc1. The van der Waals surface area contributed by atoms with Crippen molar-refractivity contribution in [2.45, 2.75) is 25.2 Å². The van der Waals surface area contributed by atoms with E-state index in [1.165, 1.54) is 0 Å². The van der Waals surface area contributed by atoms with Gasteiger partial charge in [0.05, 0.1) is 0 Å². The molecule has 0 heterocycles. The van der Waals surface area contributed by atoms with Crippen molar-refractivity contribution in [2.24, 2.45) is 5.92 Å². The molecule has 1 aromatic rings. The summed E-state index contributed by atoms with van der Waals surface area (Å²) in [6.45, 7) is 0.676. The van der Waals surface area contributed by atoms with Crippen LogP contribution >= 0.6 is 0 Å². The van der Waals surface area contributed by atoms with Crippen LogP contribution < -0.4 is 0 Å². The first kappa shape index (κ1) is 10.3. The normalized spacial score (nSPS) is 25.0. The maximum atomic E-state index is 12.7. The Kier molecular flexibility index (Phi) is 2.33. The Bertz CT molecular complexity index is 367. The summed E-state index contributed by atoms with van der Waals surface area (Å²) in [4.78, 5) is 11.3. The quantitative estimate of drug-likeness (QED) is 0.749. The van der Waals surface area contributed by atoms with Crippen molar-refractivity contribution in [3.8, 4) is 0 Å². The van der Waals surface area contributed by atoms with Gasteiger partial charge < -0.3 is 0 Å². The molecule has 0 radical (unpaired) electrons. The molecule has 3 heteroatoms. The molecule has 1 aromatic carbocycles. The Morgan fingerprint density at radius 2 is 1.93 bits per heavy atom. The van der Waals surface area contributed by atoms with E-state index in [0.717, 1.165) is 5.56 Å². The molecule has 2 unspecified atom stereocenters. The fraction of sp³-hybridized carbons (Fsp3) is 0.417. The molecule has 2 atom stereocenters. The lowest BCUT2D eigenvalue weighted by molar-refractivity contribution is -0.142. The second-order valence-corrected chi connectivity index (χ2v) is 4.11. The Balaban J connectivity index is 2.06. The van der Waals surface area contributed by atoms with Crippen LogP contribution in [0.25, 0.3) is 0 Å². The number of carbonyl (C=O) groups is 1. The van der Waals surface area contributed by atoms with E-state index in [-0.39, 0.29) is 5.92 Å². The van der Waals surface area contributed by atoms with E-state index in [9.17, 15) is 13.6 Å². The number of hydrogen-bond acceptors (Lipinski definition) is 1. The van der Waals surface area contributed by atoms with Crippen molar-refractivity contribution in [2.75, 3.05) is 0 Å². The van der Waals surface area contributed by atoms with Crippen LogP contribution in [0.1, 0.15) is 24.8 Å². The number of Topliss-reactive ketones (excluding diaryl/α,β-unsaturated/α-hetero) is 1. The molecule has 1 nitrogen and oxygen atoms in total. The summed E-state index contributed by atoms with van der Waals surface area (Å²) < 4.78 is 25.5. The number of ketones is 1. The summed E-state index contributed by atoms with van der Waals surface area (Å²) in [5, 5.41) is 0. The molecule has 1 aliphatic carbocycles. The Morgan fingerprint density at radius 1 is 1.33 bits per heavy atom. The van der Waals surface area contributed by atoms with Gasteiger partial charge in [0.2, 0.25) is 5.78 Å². The molecule has 0 aliphatic heterocycles. The summed E-state index contributed by atoms with van der Waals surface area (Å²) in [7, 11) is 0. The summed E-state index contributed by atoms with van der Waals surface area (Å²) in [6, 6.07) is 9.35. The van der Waals surface area contributed by atoms with Gasteiger partial charge in [0.25, 0.3) is 0 Å². The van der Waals surface area contributed by atoms with Gasteiger partial charge in [-0.3, -0.25) is 4.79 Å². The molecule has 0 N–H and O–H groups in total. The maximum Gasteiger partial charge on any atom is 0.302 e. The fourth-order valence-corrected chi connectivity index (χ4v) is 1.88. The largest absolute Gasteiger partial charge is 0.302 e. The van der Waals surface area contributed by atoms with Gasteiger partial charge in [0, 0.05) is 12.8 Å². The highest BCUT2D eigenvalue weighted by atomic mass is 19.3.